The largest absolute Gasteiger partial charge is 0.472 e. The molecule has 3 heterocycles. The van der Waals surface area contributed by atoms with Crippen LogP contribution in [-0.2, 0) is 11.2 Å². The van der Waals surface area contributed by atoms with Crippen molar-refractivity contribution in [3.05, 3.63) is 39.8 Å². The number of carbonyl (C=O) groups is 1. The second-order valence-electron chi connectivity index (χ2n) is 5.99. The molecule has 1 aliphatic heterocycles. The van der Waals surface area contributed by atoms with E-state index >= 15 is 0 Å². The lowest BCUT2D eigenvalue weighted by atomic mass is 10.1. The van der Waals surface area contributed by atoms with E-state index in [2.05, 4.69) is 26.1 Å². The molecule has 128 valence electrons. The molecule has 0 radical (unpaired) electrons. The lowest BCUT2D eigenvalue weighted by Gasteiger charge is -2.17. The van der Waals surface area contributed by atoms with Gasteiger partial charge in [0.1, 0.15) is 11.9 Å². The zero-order chi connectivity index (χ0) is 17.1. The van der Waals surface area contributed by atoms with Crippen LogP contribution in [0.2, 0.25) is 0 Å². The van der Waals surface area contributed by atoms with Crippen LogP contribution in [0.15, 0.2) is 27.3 Å². The molecular weight excluding hydrogens is 374 g/mol. The number of amides is 1. The SMILES string of the molecule is Cc1noc(C)c1CCC(=O)N1CCC(Oc2ccc(Br)cn2)C1. The Labute approximate surface area is 149 Å². The smallest absolute Gasteiger partial charge is 0.223 e. The topological polar surface area (TPSA) is 68.5 Å². The number of nitrogens with zero attached hydrogens (tertiary/aromatic N) is 3. The van der Waals surface area contributed by atoms with Gasteiger partial charge in [-0.15, -0.1) is 0 Å². The highest BCUT2D eigenvalue weighted by Crippen LogP contribution is 2.20. The summed E-state index contributed by atoms with van der Waals surface area (Å²) in [6.07, 6.45) is 3.66. The molecule has 0 spiro atoms. The van der Waals surface area contributed by atoms with Gasteiger partial charge in [0.15, 0.2) is 0 Å². The Morgan fingerprint density at radius 1 is 1.46 bits per heavy atom. The van der Waals surface area contributed by atoms with E-state index in [0.717, 1.165) is 34.5 Å². The van der Waals surface area contributed by atoms with Crippen LogP contribution in [0, 0.1) is 13.8 Å². The molecule has 1 amide bonds. The Morgan fingerprint density at radius 2 is 2.29 bits per heavy atom. The van der Waals surface area contributed by atoms with Crippen molar-refractivity contribution in [2.45, 2.75) is 39.2 Å². The van der Waals surface area contributed by atoms with Crippen molar-refractivity contribution in [1.29, 1.82) is 0 Å². The molecule has 2 aromatic heterocycles. The third kappa shape index (κ3) is 3.95. The zero-order valence-electron chi connectivity index (χ0n) is 13.8. The summed E-state index contributed by atoms with van der Waals surface area (Å²) in [6.45, 7) is 5.12. The fourth-order valence-corrected chi connectivity index (χ4v) is 3.14. The van der Waals surface area contributed by atoms with Crippen LogP contribution < -0.4 is 4.74 Å². The van der Waals surface area contributed by atoms with Crippen LogP contribution in [0.4, 0.5) is 0 Å². The van der Waals surface area contributed by atoms with Crippen molar-refractivity contribution >= 4 is 21.8 Å². The molecule has 1 atom stereocenters. The highest BCUT2D eigenvalue weighted by atomic mass is 79.9. The molecular formula is C17H20BrN3O3. The highest BCUT2D eigenvalue weighted by Gasteiger charge is 2.28. The van der Waals surface area contributed by atoms with Gasteiger partial charge in [-0.2, -0.15) is 0 Å². The molecule has 1 fully saturated rings. The van der Waals surface area contributed by atoms with E-state index < -0.39 is 0 Å². The molecule has 0 bridgehead atoms. The van der Waals surface area contributed by atoms with E-state index in [1.54, 1.807) is 6.20 Å². The van der Waals surface area contributed by atoms with E-state index in [0.29, 0.717) is 25.3 Å². The average molecular weight is 394 g/mol. The van der Waals surface area contributed by atoms with Crippen molar-refractivity contribution < 1.29 is 14.1 Å². The van der Waals surface area contributed by atoms with Crippen LogP contribution in [-0.4, -0.2) is 40.1 Å². The van der Waals surface area contributed by atoms with Crippen LogP contribution >= 0.6 is 15.9 Å². The van der Waals surface area contributed by atoms with Gasteiger partial charge in [0, 0.05) is 41.7 Å². The number of rotatable bonds is 5. The summed E-state index contributed by atoms with van der Waals surface area (Å²) < 4.78 is 11.9. The predicted octanol–water partition coefficient (Wildman–Crippen LogP) is 3.06. The predicted molar refractivity (Wildman–Crippen MR) is 91.8 cm³/mol. The number of ether oxygens (including phenoxy) is 1. The van der Waals surface area contributed by atoms with E-state index in [-0.39, 0.29) is 12.0 Å². The summed E-state index contributed by atoms with van der Waals surface area (Å²) in [5.41, 5.74) is 1.90. The van der Waals surface area contributed by atoms with Gasteiger partial charge in [-0.05, 0) is 42.3 Å². The molecule has 24 heavy (non-hydrogen) atoms. The number of aryl methyl sites for hydroxylation is 2. The van der Waals surface area contributed by atoms with Gasteiger partial charge in [0.25, 0.3) is 0 Å². The maximum atomic E-state index is 12.4. The number of aromatic nitrogens is 2. The Kier molecular flexibility index (Phi) is 5.18. The van der Waals surface area contributed by atoms with E-state index in [1.165, 1.54) is 0 Å². The monoisotopic (exact) mass is 393 g/mol. The van der Waals surface area contributed by atoms with Gasteiger partial charge >= 0.3 is 0 Å². The minimum atomic E-state index is 0.00156. The second kappa shape index (κ2) is 7.34. The third-order valence-corrected chi connectivity index (χ3v) is 4.72. The maximum absolute atomic E-state index is 12.4. The van der Waals surface area contributed by atoms with Crippen molar-refractivity contribution in [2.75, 3.05) is 13.1 Å². The first-order valence-electron chi connectivity index (χ1n) is 8.00. The number of likely N-dealkylation sites (tertiary alicyclic amines) is 1. The second-order valence-corrected chi connectivity index (χ2v) is 6.90. The van der Waals surface area contributed by atoms with Crippen LogP contribution in [0.3, 0.4) is 0 Å². The Morgan fingerprint density at radius 3 is 2.96 bits per heavy atom. The summed E-state index contributed by atoms with van der Waals surface area (Å²) in [5.74, 6) is 1.53. The van der Waals surface area contributed by atoms with Crippen molar-refractivity contribution in [3.8, 4) is 5.88 Å². The number of hydrogen-bond acceptors (Lipinski definition) is 5. The summed E-state index contributed by atoms with van der Waals surface area (Å²) in [5, 5.41) is 3.93. The van der Waals surface area contributed by atoms with Crippen LogP contribution in [0.1, 0.15) is 29.9 Å². The Bertz CT molecular complexity index is 695. The van der Waals surface area contributed by atoms with E-state index in [9.17, 15) is 4.79 Å². The Hall–Kier alpha value is -1.89. The molecule has 0 N–H and O–H groups in total. The third-order valence-electron chi connectivity index (χ3n) is 4.26. The first-order chi connectivity index (χ1) is 11.5. The fraction of sp³-hybridized carbons (Fsp3) is 0.471. The molecule has 1 saturated heterocycles. The van der Waals surface area contributed by atoms with Gasteiger partial charge in [-0.3, -0.25) is 4.79 Å². The number of halogens is 1. The van der Waals surface area contributed by atoms with Crippen LogP contribution in [0.5, 0.6) is 5.88 Å². The van der Waals surface area contributed by atoms with Gasteiger partial charge in [-0.25, -0.2) is 4.98 Å². The van der Waals surface area contributed by atoms with Gasteiger partial charge < -0.3 is 14.2 Å². The van der Waals surface area contributed by atoms with Gasteiger partial charge in [0.2, 0.25) is 11.8 Å². The first-order valence-corrected chi connectivity index (χ1v) is 8.80. The molecule has 3 rings (SSSR count). The summed E-state index contributed by atoms with van der Waals surface area (Å²) in [4.78, 5) is 18.5. The van der Waals surface area contributed by atoms with Gasteiger partial charge in [-0.1, -0.05) is 5.16 Å². The quantitative estimate of drug-likeness (QED) is 0.780. The zero-order valence-corrected chi connectivity index (χ0v) is 15.4. The molecule has 0 aliphatic carbocycles. The molecule has 1 aliphatic rings. The van der Waals surface area contributed by atoms with Crippen LogP contribution in [0.25, 0.3) is 0 Å². The Balaban J connectivity index is 1.49. The van der Waals surface area contributed by atoms with Crippen molar-refractivity contribution in [3.63, 3.8) is 0 Å². The molecule has 2 aromatic rings. The standard InChI is InChI=1S/C17H20BrN3O3/c1-11-15(12(2)24-20-11)4-6-17(22)21-8-7-14(10-21)23-16-5-3-13(18)9-19-16/h3,5,9,14H,4,6-8,10H2,1-2H3. The normalized spacial score (nSPS) is 17.3. The summed E-state index contributed by atoms with van der Waals surface area (Å²) in [7, 11) is 0. The summed E-state index contributed by atoms with van der Waals surface area (Å²) >= 11 is 3.35. The molecule has 0 aromatic carbocycles. The minimum Gasteiger partial charge on any atom is -0.472 e. The molecule has 1 unspecified atom stereocenters. The lowest BCUT2D eigenvalue weighted by Crippen LogP contribution is -2.31. The van der Waals surface area contributed by atoms with E-state index in [4.69, 9.17) is 9.26 Å². The van der Waals surface area contributed by atoms with Gasteiger partial charge in [0.05, 0.1) is 12.2 Å². The summed E-state index contributed by atoms with van der Waals surface area (Å²) in [6, 6.07) is 3.72. The number of carbonyl (C=O) groups excluding carboxylic acids is 1. The fourth-order valence-electron chi connectivity index (χ4n) is 2.90. The van der Waals surface area contributed by atoms with Crippen molar-refractivity contribution in [2.24, 2.45) is 0 Å². The maximum Gasteiger partial charge on any atom is 0.223 e. The first kappa shape index (κ1) is 17.0. The highest BCUT2D eigenvalue weighted by molar-refractivity contribution is 9.10. The minimum absolute atomic E-state index is 0.00156. The number of pyridine rings is 1. The molecule has 7 heteroatoms. The number of hydrogen-bond donors (Lipinski definition) is 0. The lowest BCUT2D eigenvalue weighted by molar-refractivity contribution is -0.130. The van der Waals surface area contributed by atoms with E-state index in [1.807, 2.05) is 30.9 Å². The average Bonchev–Trinajstić information content (AvgIpc) is 3.15. The van der Waals surface area contributed by atoms with Crippen molar-refractivity contribution in [1.82, 2.24) is 15.0 Å². The molecule has 6 nitrogen and oxygen atoms in total. The molecule has 0 saturated carbocycles.